The summed E-state index contributed by atoms with van der Waals surface area (Å²) in [5.74, 6) is -1.89. The van der Waals surface area contributed by atoms with Crippen molar-refractivity contribution in [3.8, 4) is 0 Å². The van der Waals surface area contributed by atoms with E-state index in [0.717, 1.165) is 12.0 Å². The standard InChI is InChI=1S/C14H19F3N2O2/c1-19(2)12(20)5-3-4-10-6-8-11(9-7-10)18-13(21)14(15,16)17/h6,8H,3-5,7,9H2,1-2H3,(H,18,21). The fraction of sp³-hybridized carbons (Fsp3) is 0.571. The predicted molar refractivity (Wildman–Crippen MR) is 72.1 cm³/mol. The minimum Gasteiger partial charge on any atom is -0.349 e. The summed E-state index contributed by atoms with van der Waals surface area (Å²) in [5, 5.41) is 1.86. The molecular formula is C14H19F3N2O2. The number of alkyl halides is 3. The monoisotopic (exact) mass is 304 g/mol. The van der Waals surface area contributed by atoms with Crippen molar-refractivity contribution in [2.75, 3.05) is 14.1 Å². The summed E-state index contributed by atoms with van der Waals surface area (Å²) in [6.07, 6.45) is 1.21. The summed E-state index contributed by atoms with van der Waals surface area (Å²) in [5.41, 5.74) is 1.34. The molecule has 0 radical (unpaired) electrons. The maximum atomic E-state index is 12.1. The SMILES string of the molecule is CN(C)C(=O)CCCC1=CC=C(NC(=O)C(F)(F)F)CC1. The average Bonchev–Trinajstić information content (AvgIpc) is 2.39. The lowest BCUT2D eigenvalue weighted by atomic mass is 9.97. The summed E-state index contributed by atoms with van der Waals surface area (Å²) in [4.78, 5) is 23.7. The van der Waals surface area contributed by atoms with Crippen LogP contribution in [-0.2, 0) is 9.59 Å². The quantitative estimate of drug-likeness (QED) is 0.848. The Bertz CT molecular complexity index is 465. The molecule has 1 N–H and O–H groups in total. The zero-order valence-electron chi connectivity index (χ0n) is 12.1. The molecule has 0 saturated heterocycles. The molecule has 0 bridgehead atoms. The van der Waals surface area contributed by atoms with Crippen molar-refractivity contribution in [1.82, 2.24) is 10.2 Å². The molecular weight excluding hydrogens is 285 g/mol. The van der Waals surface area contributed by atoms with Gasteiger partial charge in [0.15, 0.2) is 0 Å². The first-order chi connectivity index (χ1) is 9.70. The lowest BCUT2D eigenvalue weighted by molar-refractivity contribution is -0.172. The third-order valence-electron chi connectivity index (χ3n) is 3.15. The van der Waals surface area contributed by atoms with Crippen LogP contribution in [0, 0.1) is 0 Å². The molecule has 0 unspecified atom stereocenters. The fourth-order valence-electron chi connectivity index (χ4n) is 1.90. The molecule has 0 spiro atoms. The van der Waals surface area contributed by atoms with Crippen LogP contribution in [0.25, 0.3) is 0 Å². The summed E-state index contributed by atoms with van der Waals surface area (Å²) in [6, 6.07) is 0. The molecule has 7 heteroatoms. The number of hydrogen-bond acceptors (Lipinski definition) is 2. The number of allylic oxidation sites excluding steroid dienone is 4. The second kappa shape index (κ2) is 7.28. The van der Waals surface area contributed by atoms with E-state index in [4.69, 9.17) is 0 Å². The molecule has 0 aromatic rings. The van der Waals surface area contributed by atoms with Crippen LogP contribution in [-0.4, -0.2) is 37.0 Å². The molecule has 0 aromatic heterocycles. The van der Waals surface area contributed by atoms with E-state index >= 15 is 0 Å². The van der Waals surface area contributed by atoms with E-state index in [1.807, 2.05) is 5.32 Å². The molecule has 1 aliphatic carbocycles. The molecule has 0 fully saturated rings. The van der Waals surface area contributed by atoms with Crippen molar-refractivity contribution in [2.24, 2.45) is 0 Å². The van der Waals surface area contributed by atoms with Crippen LogP contribution in [0.5, 0.6) is 0 Å². The zero-order chi connectivity index (χ0) is 16.0. The zero-order valence-corrected chi connectivity index (χ0v) is 12.1. The smallest absolute Gasteiger partial charge is 0.349 e. The number of carbonyl (C=O) groups excluding carboxylic acids is 2. The topological polar surface area (TPSA) is 49.4 Å². The van der Waals surface area contributed by atoms with Crippen LogP contribution in [0.3, 0.4) is 0 Å². The Morgan fingerprint density at radius 2 is 1.90 bits per heavy atom. The largest absolute Gasteiger partial charge is 0.471 e. The van der Waals surface area contributed by atoms with Crippen molar-refractivity contribution < 1.29 is 22.8 Å². The third-order valence-corrected chi connectivity index (χ3v) is 3.15. The molecule has 0 aromatic carbocycles. The van der Waals surface area contributed by atoms with Gasteiger partial charge in [0.25, 0.3) is 0 Å². The van der Waals surface area contributed by atoms with Crippen molar-refractivity contribution >= 4 is 11.8 Å². The summed E-state index contributed by atoms with van der Waals surface area (Å²) < 4.78 is 36.3. The Hall–Kier alpha value is -1.79. The van der Waals surface area contributed by atoms with Crippen LogP contribution in [0.2, 0.25) is 0 Å². The van der Waals surface area contributed by atoms with Crippen molar-refractivity contribution in [2.45, 2.75) is 38.3 Å². The van der Waals surface area contributed by atoms with E-state index in [9.17, 15) is 22.8 Å². The van der Waals surface area contributed by atoms with Gasteiger partial charge in [-0.05, 0) is 31.8 Å². The van der Waals surface area contributed by atoms with Gasteiger partial charge >= 0.3 is 12.1 Å². The van der Waals surface area contributed by atoms with Gasteiger partial charge in [-0.3, -0.25) is 9.59 Å². The number of nitrogens with one attached hydrogen (secondary N) is 1. The summed E-state index contributed by atoms with van der Waals surface area (Å²) in [6.45, 7) is 0. The average molecular weight is 304 g/mol. The lowest BCUT2D eigenvalue weighted by Gasteiger charge is -2.16. The van der Waals surface area contributed by atoms with E-state index < -0.39 is 12.1 Å². The molecule has 4 nitrogen and oxygen atoms in total. The Kier molecular flexibility index (Phi) is 5.99. The van der Waals surface area contributed by atoms with Crippen molar-refractivity contribution in [1.29, 1.82) is 0 Å². The van der Waals surface area contributed by atoms with Crippen LogP contribution in [0.1, 0.15) is 32.1 Å². The number of halogens is 3. The first-order valence-electron chi connectivity index (χ1n) is 6.67. The van der Waals surface area contributed by atoms with Gasteiger partial charge in [0, 0.05) is 26.2 Å². The third kappa shape index (κ3) is 6.01. The highest BCUT2D eigenvalue weighted by molar-refractivity contribution is 5.83. The lowest BCUT2D eigenvalue weighted by Crippen LogP contribution is -2.36. The predicted octanol–water partition coefficient (Wildman–Crippen LogP) is 2.53. The first-order valence-corrected chi connectivity index (χ1v) is 6.67. The highest BCUT2D eigenvalue weighted by atomic mass is 19.4. The van der Waals surface area contributed by atoms with Gasteiger partial charge in [-0.25, -0.2) is 0 Å². The van der Waals surface area contributed by atoms with E-state index in [0.29, 0.717) is 25.7 Å². The normalized spacial score (nSPS) is 15.1. The molecule has 0 aliphatic heterocycles. The van der Waals surface area contributed by atoms with Gasteiger partial charge in [0.1, 0.15) is 0 Å². The van der Waals surface area contributed by atoms with E-state index in [-0.39, 0.29) is 11.6 Å². The fourth-order valence-corrected chi connectivity index (χ4v) is 1.90. The maximum absolute atomic E-state index is 12.1. The van der Waals surface area contributed by atoms with E-state index in [1.165, 1.54) is 11.0 Å². The Morgan fingerprint density at radius 3 is 2.38 bits per heavy atom. The van der Waals surface area contributed by atoms with Gasteiger partial charge in [0.2, 0.25) is 5.91 Å². The van der Waals surface area contributed by atoms with Crippen molar-refractivity contribution in [3.63, 3.8) is 0 Å². The highest BCUT2D eigenvalue weighted by Gasteiger charge is 2.38. The molecule has 21 heavy (non-hydrogen) atoms. The molecule has 0 heterocycles. The van der Waals surface area contributed by atoms with Gasteiger partial charge < -0.3 is 10.2 Å². The highest BCUT2D eigenvalue weighted by Crippen LogP contribution is 2.23. The van der Waals surface area contributed by atoms with Crippen LogP contribution < -0.4 is 5.32 Å². The number of rotatable bonds is 5. The second-order valence-corrected chi connectivity index (χ2v) is 5.11. The number of carbonyl (C=O) groups is 2. The van der Waals surface area contributed by atoms with Gasteiger partial charge in [-0.2, -0.15) is 13.2 Å². The number of hydrogen-bond donors (Lipinski definition) is 1. The van der Waals surface area contributed by atoms with E-state index in [2.05, 4.69) is 0 Å². The van der Waals surface area contributed by atoms with E-state index in [1.54, 1.807) is 20.2 Å². The molecule has 0 atom stereocenters. The summed E-state index contributed by atoms with van der Waals surface area (Å²) >= 11 is 0. The second-order valence-electron chi connectivity index (χ2n) is 5.11. The maximum Gasteiger partial charge on any atom is 0.471 e. The summed E-state index contributed by atoms with van der Waals surface area (Å²) in [7, 11) is 3.39. The number of amides is 2. The Morgan fingerprint density at radius 1 is 1.24 bits per heavy atom. The Balaban J connectivity index is 2.42. The van der Waals surface area contributed by atoms with Gasteiger partial charge in [-0.1, -0.05) is 11.6 Å². The first kappa shape index (κ1) is 17.3. The molecule has 1 rings (SSSR count). The molecule has 1 aliphatic rings. The van der Waals surface area contributed by atoms with Crippen LogP contribution in [0.15, 0.2) is 23.4 Å². The van der Waals surface area contributed by atoms with Crippen LogP contribution >= 0.6 is 0 Å². The number of nitrogens with zero attached hydrogens (tertiary/aromatic N) is 1. The minimum atomic E-state index is -4.86. The molecule has 118 valence electrons. The van der Waals surface area contributed by atoms with Gasteiger partial charge in [0.05, 0.1) is 0 Å². The molecule has 0 saturated carbocycles. The van der Waals surface area contributed by atoms with Crippen molar-refractivity contribution in [3.05, 3.63) is 23.4 Å². The minimum absolute atomic E-state index is 0.0556. The molecule has 2 amide bonds. The Labute approximate surface area is 121 Å². The van der Waals surface area contributed by atoms with Crippen LogP contribution in [0.4, 0.5) is 13.2 Å². The van der Waals surface area contributed by atoms with Gasteiger partial charge in [-0.15, -0.1) is 0 Å².